The lowest BCUT2D eigenvalue weighted by Crippen LogP contribution is -2.55. The smallest absolute Gasteiger partial charge is 0.264 e. The van der Waals surface area contributed by atoms with E-state index in [9.17, 15) is 8.42 Å². The molecule has 0 spiro atoms. The number of benzene rings is 1. The van der Waals surface area contributed by atoms with Gasteiger partial charge in [-0.15, -0.1) is 0 Å². The van der Waals surface area contributed by atoms with Gasteiger partial charge in [-0.2, -0.15) is 0 Å². The predicted octanol–water partition coefficient (Wildman–Crippen LogP) is 1.97. The summed E-state index contributed by atoms with van der Waals surface area (Å²) in [7, 11) is -3.58. The molecular formula is C17H26N4O2S. The molecule has 2 aliphatic rings. The van der Waals surface area contributed by atoms with Crippen molar-refractivity contribution >= 4 is 16.0 Å². The topological polar surface area (TPSA) is 73.8 Å². The largest absolute Gasteiger partial charge is 0.343 e. The zero-order valence-electron chi connectivity index (χ0n) is 14.3. The molecule has 6 nitrogen and oxygen atoms in total. The van der Waals surface area contributed by atoms with Crippen molar-refractivity contribution in [3.05, 3.63) is 30.3 Å². The molecule has 2 N–H and O–H groups in total. The highest BCUT2D eigenvalue weighted by Crippen LogP contribution is 2.32. The molecule has 3 atom stereocenters. The Labute approximate surface area is 144 Å². The maximum atomic E-state index is 12.3. The third-order valence-corrected chi connectivity index (χ3v) is 6.63. The SMILES string of the molecule is CC1CCCC(N2CN=C(NS(=O)(=O)c3ccccc3)NC2)C1C. The highest BCUT2D eigenvalue weighted by molar-refractivity contribution is 7.90. The van der Waals surface area contributed by atoms with Gasteiger partial charge in [-0.05, 0) is 30.4 Å². The first-order valence-corrected chi connectivity index (χ1v) is 10.1. The van der Waals surface area contributed by atoms with Crippen LogP contribution < -0.4 is 10.0 Å². The highest BCUT2D eigenvalue weighted by atomic mass is 32.2. The molecule has 0 saturated heterocycles. The van der Waals surface area contributed by atoms with Gasteiger partial charge in [-0.3, -0.25) is 4.90 Å². The van der Waals surface area contributed by atoms with Crippen LogP contribution in [0, 0.1) is 11.8 Å². The van der Waals surface area contributed by atoms with Gasteiger partial charge in [-0.25, -0.2) is 18.1 Å². The van der Waals surface area contributed by atoms with Crippen molar-refractivity contribution in [2.45, 2.75) is 44.0 Å². The van der Waals surface area contributed by atoms with Crippen LogP contribution >= 0.6 is 0 Å². The first-order valence-electron chi connectivity index (χ1n) is 8.57. The Bertz CT molecular complexity index is 690. The van der Waals surface area contributed by atoms with E-state index in [-0.39, 0.29) is 4.90 Å². The van der Waals surface area contributed by atoms with Crippen LogP contribution in [0.3, 0.4) is 0 Å². The minimum atomic E-state index is -3.58. The first kappa shape index (κ1) is 17.2. The number of hydrogen-bond donors (Lipinski definition) is 2. The maximum Gasteiger partial charge on any atom is 0.264 e. The van der Waals surface area contributed by atoms with Gasteiger partial charge in [-0.1, -0.05) is 44.9 Å². The molecule has 7 heteroatoms. The lowest BCUT2D eigenvalue weighted by molar-refractivity contribution is 0.0768. The van der Waals surface area contributed by atoms with Crippen LogP contribution in [0.25, 0.3) is 0 Å². The molecule has 1 aliphatic carbocycles. The van der Waals surface area contributed by atoms with Gasteiger partial charge in [0.05, 0.1) is 18.2 Å². The molecule has 1 saturated carbocycles. The second-order valence-corrected chi connectivity index (χ2v) is 8.51. The fraction of sp³-hybridized carbons (Fsp3) is 0.588. The Morgan fingerprint density at radius 2 is 1.96 bits per heavy atom. The van der Waals surface area contributed by atoms with Gasteiger partial charge in [0.1, 0.15) is 0 Å². The molecule has 3 unspecified atom stereocenters. The van der Waals surface area contributed by atoms with Crippen LogP contribution in [0.1, 0.15) is 33.1 Å². The van der Waals surface area contributed by atoms with E-state index in [4.69, 9.17) is 0 Å². The number of sulfonamides is 1. The third kappa shape index (κ3) is 3.72. The molecule has 3 rings (SSSR count). The monoisotopic (exact) mass is 350 g/mol. The van der Waals surface area contributed by atoms with Crippen molar-refractivity contribution < 1.29 is 8.42 Å². The van der Waals surface area contributed by atoms with Crippen LogP contribution in [0.15, 0.2) is 40.2 Å². The summed E-state index contributed by atoms with van der Waals surface area (Å²) in [4.78, 5) is 6.95. The lowest BCUT2D eigenvalue weighted by atomic mass is 9.77. The normalized spacial score (nSPS) is 28.8. The van der Waals surface area contributed by atoms with Gasteiger partial charge < -0.3 is 5.32 Å². The molecule has 1 aromatic carbocycles. The quantitative estimate of drug-likeness (QED) is 0.874. The van der Waals surface area contributed by atoms with E-state index in [0.29, 0.717) is 31.3 Å². The van der Waals surface area contributed by atoms with E-state index in [1.807, 2.05) is 0 Å². The number of nitrogens with zero attached hydrogens (tertiary/aromatic N) is 2. The van der Waals surface area contributed by atoms with Gasteiger partial charge in [0, 0.05) is 6.04 Å². The van der Waals surface area contributed by atoms with E-state index < -0.39 is 10.0 Å². The van der Waals surface area contributed by atoms with Crippen LogP contribution in [0.4, 0.5) is 0 Å². The van der Waals surface area contributed by atoms with Crippen LogP contribution in [0.5, 0.6) is 0 Å². The maximum absolute atomic E-state index is 12.3. The van der Waals surface area contributed by atoms with Gasteiger partial charge in [0.2, 0.25) is 5.96 Å². The molecule has 1 fully saturated rings. The van der Waals surface area contributed by atoms with Gasteiger partial charge in [0.15, 0.2) is 0 Å². The summed E-state index contributed by atoms with van der Waals surface area (Å²) in [6, 6.07) is 8.86. The van der Waals surface area contributed by atoms with E-state index >= 15 is 0 Å². The zero-order valence-corrected chi connectivity index (χ0v) is 15.1. The predicted molar refractivity (Wildman–Crippen MR) is 94.9 cm³/mol. The molecule has 1 aliphatic heterocycles. The fourth-order valence-electron chi connectivity index (χ4n) is 3.59. The Balaban J connectivity index is 1.64. The van der Waals surface area contributed by atoms with Crippen LogP contribution in [-0.2, 0) is 10.0 Å². The summed E-state index contributed by atoms with van der Waals surface area (Å²) in [5, 5.41) is 3.11. The number of guanidine groups is 1. The van der Waals surface area contributed by atoms with Crippen molar-refractivity contribution in [2.75, 3.05) is 13.3 Å². The van der Waals surface area contributed by atoms with Crippen LogP contribution in [-0.4, -0.2) is 38.7 Å². The van der Waals surface area contributed by atoms with Gasteiger partial charge >= 0.3 is 0 Å². The van der Waals surface area contributed by atoms with Crippen molar-refractivity contribution in [2.24, 2.45) is 16.8 Å². The molecule has 0 amide bonds. The summed E-state index contributed by atoms with van der Waals surface area (Å²) in [5.74, 6) is 1.69. The minimum Gasteiger partial charge on any atom is -0.343 e. The Morgan fingerprint density at radius 3 is 2.62 bits per heavy atom. The second kappa shape index (κ2) is 7.11. The number of rotatable bonds is 3. The Hall–Kier alpha value is -1.60. The van der Waals surface area contributed by atoms with E-state index in [0.717, 1.165) is 5.92 Å². The zero-order chi connectivity index (χ0) is 17.2. The lowest BCUT2D eigenvalue weighted by Gasteiger charge is -2.42. The minimum absolute atomic E-state index is 0.242. The summed E-state index contributed by atoms with van der Waals surface area (Å²) in [6.45, 7) is 5.78. The number of aliphatic imine (C=N–C) groups is 1. The molecule has 1 heterocycles. The van der Waals surface area contributed by atoms with Gasteiger partial charge in [0.25, 0.3) is 10.0 Å². The third-order valence-electron chi connectivity index (χ3n) is 5.28. The standard InChI is InChI=1S/C17H26N4O2S/c1-13-7-6-10-16(14(13)2)21-11-18-17(19-12-21)20-24(22,23)15-8-4-3-5-9-15/h3-5,8-9,13-14,16H,6-7,10-12H2,1-2H3,(H2,18,19,20). The summed E-state index contributed by atoms with van der Waals surface area (Å²) in [6.07, 6.45) is 3.74. The Morgan fingerprint density at radius 1 is 1.21 bits per heavy atom. The Kier molecular flexibility index (Phi) is 5.10. The summed E-state index contributed by atoms with van der Waals surface area (Å²) in [5.41, 5.74) is 0. The average molecular weight is 350 g/mol. The van der Waals surface area contributed by atoms with Crippen molar-refractivity contribution in [1.82, 2.24) is 14.9 Å². The summed E-state index contributed by atoms with van der Waals surface area (Å²) < 4.78 is 27.2. The van der Waals surface area contributed by atoms with Crippen LogP contribution in [0.2, 0.25) is 0 Å². The molecule has 132 valence electrons. The van der Waals surface area contributed by atoms with Crippen molar-refractivity contribution in [3.8, 4) is 0 Å². The first-order chi connectivity index (χ1) is 11.5. The molecule has 0 aromatic heterocycles. The number of nitrogens with one attached hydrogen (secondary N) is 2. The average Bonchev–Trinajstić information content (AvgIpc) is 2.59. The summed E-state index contributed by atoms with van der Waals surface area (Å²) >= 11 is 0. The van der Waals surface area contributed by atoms with Crippen molar-refractivity contribution in [3.63, 3.8) is 0 Å². The molecular weight excluding hydrogens is 324 g/mol. The van der Waals surface area contributed by atoms with E-state index in [1.54, 1.807) is 30.3 Å². The molecule has 0 bridgehead atoms. The fourth-order valence-corrected chi connectivity index (χ4v) is 4.61. The van der Waals surface area contributed by atoms with E-state index in [2.05, 4.69) is 33.8 Å². The molecule has 1 aromatic rings. The number of hydrogen-bond acceptors (Lipinski definition) is 5. The van der Waals surface area contributed by atoms with Crippen molar-refractivity contribution in [1.29, 1.82) is 0 Å². The van der Waals surface area contributed by atoms with E-state index in [1.165, 1.54) is 19.3 Å². The molecule has 0 radical (unpaired) electrons. The second-order valence-electron chi connectivity index (χ2n) is 6.82. The highest BCUT2D eigenvalue weighted by Gasteiger charge is 2.32. The molecule has 24 heavy (non-hydrogen) atoms.